The summed E-state index contributed by atoms with van der Waals surface area (Å²) in [6.45, 7) is 7.49. The molecule has 0 bridgehead atoms. The molecule has 1 saturated heterocycles. The fourth-order valence-electron chi connectivity index (χ4n) is 2.48. The maximum absolute atomic E-state index is 11.4. The number of hydrogen-bond donors (Lipinski definition) is 0. The zero-order chi connectivity index (χ0) is 15.7. The van der Waals surface area contributed by atoms with Gasteiger partial charge in [0.1, 0.15) is 0 Å². The quantitative estimate of drug-likeness (QED) is 0.252. The van der Waals surface area contributed by atoms with Gasteiger partial charge in [0.25, 0.3) is 0 Å². The van der Waals surface area contributed by atoms with Gasteiger partial charge in [-0.2, -0.15) is 0 Å². The Labute approximate surface area is 127 Å². The molecule has 122 valence electrons. The molecule has 0 spiro atoms. The average Bonchev–Trinajstić information content (AvgIpc) is 2.74. The normalized spacial score (nSPS) is 19.1. The summed E-state index contributed by atoms with van der Waals surface area (Å²) in [4.78, 5) is 22.4. The van der Waals surface area contributed by atoms with Crippen LogP contribution in [0, 0.1) is 5.92 Å². The predicted molar refractivity (Wildman–Crippen MR) is 78.5 cm³/mol. The highest BCUT2D eigenvalue weighted by atomic mass is 28.4. The molecule has 0 aliphatic carbocycles. The molecule has 1 aliphatic heterocycles. The monoisotopic (exact) mass is 318 g/mol. The Morgan fingerprint density at radius 3 is 2.05 bits per heavy atom. The van der Waals surface area contributed by atoms with Crippen molar-refractivity contribution in [1.29, 1.82) is 0 Å². The molecule has 21 heavy (non-hydrogen) atoms. The van der Waals surface area contributed by atoms with Crippen molar-refractivity contribution in [2.75, 3.05) is 19.8 Å². The molecule has 6 nitrogen and oxygen atoms in total. The van der Waals surface area contributed by atoms with Crippen molar-refractivity contribution in [3.63, 3.8) is 0 Å². The largest absolute Gasteiger partial charge is 0.500 e. The van der Waals surface area contributed by atoms with Gasteiger partial charge in [-0.1, -0.05) is 6.42 Å². The van der Waals surface area contributed by atoms with E-state index in [1.807, 2.05) is 20.8 Å². The molecule has 1 aliphatic rings. The molecule has 1 unspecified atom stereocenters. The first-order chi connectivity index (χ1) is 10.1. The van der Waals surface area contributed by atoms with Crippen LogP contribution in [0.15, 0.2) is 0 Å². The number of rotatable bonds is 11. The van der Waals surface area contributed by atoms with Crippen LogP contribution in [0.2, 0.25) is 6.04 Å². The van der Waals surface area contributed by atoms with Crippen LogP contribution in [0.3, 0.4) is 0 Å². The third kappa shape index (κ3) is 5.86. The van der Waals surface area contributed by atoms with Crippen molar-refractivity contribution in [2.45, 2.75) is 52.5 Å². The molecule has 0 saturated carbocycles. The van der Waals surface area contributed by atoms with Crippen LogP contribution in [-0.4, -0.2) is 40.6 Å². The van der Waals surface area contributed by atoms with E-state index in [1.54, 1.807) is 0 Å². The second kappa shape index (κ2) is 9.29. The Bertz CT molecular complexity index is 329. The van der Waals surface area contributed by atoms with E-state index in [0.717, 1.165) is 18.9 Å². The molecule has 7 heteroatoms. The minimum absolute atomic E-state index is 0.212. The van der Waals surface area contributed by atoms with Crippen LogP contribution in [0.5, 0.6) is 0 Å². The van der Waals surface area contributed by atoms with Crippen molar-refractivity contribution in [2.24, 2.45) is 5.92 Å². The number of esters is 2. The van der Waals surface area contributed by atoms with E-state index in [-0.39, 0.29) is 18.3 Å². The third-order valence-corrected chi connectivity index (χ3v) is 6.49. The Kier molecular flexibility index (Phi) is 8.09. The summed E-state index contributed by atoms with van der Waals surface area (Å²) < 4.78 is 21.9. The van der Waals surface area contributed by atoms with Gasteiger partial charge in [-0.3, -0.25) is 9.59 Å². The minimum Gasteiger partial charge on any atom is -0.393 e. The molecule has 0 aromatic carbocycles. The van der Waals surface area contributed by atoms with Gasteiger partial charge in [0.05, 0.1) is 12.3 Å². The predicted octanol–water partition coefficient (Wildman–Crippen LogP) is 2.29. The number of hydrogen-bond acceptors (Lipinski definition) is 6. The van der Waals surface area contributed by atoms with E-state index in [9.17, 15) is 9.59 Å². The van der Waals surface area contributed by atoms with Crippen molar-refractivity contribution >= 4 is 20.7 Å². The number of carbonyl (C=O) groups is 2. The fourth-order valence-corrected chi connectivity index (χ4v) is 5.16. The average molecular weight is 318 g/mol. The molecule has 0 amide bonds. The van der Waals surface area contributed by atoms with E-state index < -0.39 is 14.8 Å². The van der Waals surface area contributed by atoms with Gasteiger partial charge in [0.15, 0.2) is 0 Å². The molecule has 0 aromatic rings. The van der Waals surface area contributed by atoms with E-state index in [2.05, 4.69) is 4.74 Å². The van der Waals surface area contributed by atoms with Crippen molar-refractivity contribution in [3.8, 4) is 0 Å². The van der Waals surface area contributed by atoms with E-state index >= 15 is 0 Å². The lowest BCUT2D eigenvalue weighted by atomic mass is 10.0. The molecule has 0 N–H and O–H groups in total. The summed E-state index contributed by atoms with van der Waals surface area (Å²) in [7, 11) is -2.59. The van der Waals surface area contributed by atoms with Crippen molar-refractivity contribution < 1.29 is 27.6 Å². The van der Waals surface area contributed by atoms with Crippen LogP contribution in [0.4, 0.5) is 0 Å². The zero-order valence-electron chi connectivity index (χ0n) is 13.2. The van der Waals surface area contributed by atoms with Gasteiger partial charge in [-0.05, 0) is 33.6 Å². The lowest BCUT2D eigenvalue weighted by molar-refractivity contribution is -0.153. The van der Waals surface area contributed by atoms with Gasteiger partial charge in [0.2, 0.25) is 0 Å². The Balaban J connectivity index is 2.38. The third-order valence-electron chi connectivity index (χ3n) is 3.34. The van der Waals surface area contributed by atoms with Crippen LogP contribution < -0.4 is 0 Å². The Morgan fingerprint density at radius 2 is 1.62 bits per heavy atom. The smallest absolute Gasteiger partial charge is 0.393 e. The summed E-state index contributed by atoms with van der Waals surface area (Å²) in [5, 5.41) is 0. The molecule has 0 aromatic heterocycles. The summed E-state index contributed by atoms with van der Waals surface area (Å²) in [6.07, 6.45) is 2.56. The Morgan fingerprint density at radius 1 is 1.05 bits per heavy atom. The van der Waals surface area contributed by atoms with Crippen molar-refractivity contribution in [3.05, 3.63) is 0 Å². The van der Waals surface area contributed by atoms with Gasteiger partial charge < -0.3 is 18.0 Å². The first-order valence-electron chi connectivity index (χ1n) is 7.73. The van der Waals surface area contributed by atoms with Crippen LogP contribution in [0.1, 0.15) is 46.5 Å². The summed E-state index contributed by atoms with van der Waals surface area (Å²) in [5.41, 5.74) is 0. The number of carbonyl (C=O) groups excluding carboxylic acids is 2. The highest BCUT2D eigenvalue weighted by Gasteiger charge is 2.40. The summed E-state index contributed by atoms with van der Waals surface area (Å²) in [5.74, 6) is -1.07. The lowest BCUT2D eigenvalue weighted by Gasteiger charge is -2.28. The number of unbranched alkanes of at least 4 members (excludes halogenated alkanes) is 1. The van der Waals surface area contributed by atoms with E-state index in [0.29, 0.717) is 26.2 Å². The minimum atomic E-state index is -2.59. The van der Waals surface area contributed by atoms with Crippen LogP contribution in [0.25, 0.3) is 0 Å². The fraction of sp³-hybridized carbons (Fsp3) is 0.857. The number of cyclic esters (lactones) is 2. The first-order valence-corrected chi connectivity index (χ1v) is 9.66. The first kappa shape index (κ1) is 18.3. The molecular formula is C14H26O6Si. The van der Waals surface area contributed by atoms with E-state index in [1.165, 1.54) is 0 Å². The van der Waals surface area contributed by atoms with Crippen LogP contribution in [-0.2, 0) is 27.6 Å². The van der Waals surface area contributed by atoms with Gasteiger partial charge >= 0.3 is 20.7 Å². The van der Waals surface area contributed by atoms with Gasteiger partial charge in [0, 0.05) is 25.9 Å². The van der Waals surface area contributed by atoms with Crippen LogP contribution >= 0.6 is 0 Å². The van der Waals surface area contributed by atoms with Gasteiger partial charge in [-0.15, -0.1) is 0 Å². The summed E-state index contributed by atoms with van der Waals surface area (Å²) >= 11 is 0. The van der Waals surface area contributed by atoms with E-state index in [4.69, 9.17) is 13.3 Å². The molecule has 1 atom stereocenters. The lowest BCUT2D eigenvalue weighted by Crippen LogP contribution is -2.45. The SMILES string of the molecule is CCO[Si](CCCCC1CC(=O)OC1=O)(OCC)OCC. The highest BCUT2D eigenvalue weighted by molar-refractivity contribution is 6.60. The number of ether oxygens (including phenoxy) is 1. The Hall–Kier alpha value is -0.763. The second-order valence-corrected chi connectivity index (χ2v) is 7.65. The highest BCUT2D eigenvalue weighted by Crippen LogP contribution is 2.25. The molecule has 0 radical (unpaired) electrons. The van der Waals surface area contributed by atoms with Gasteiger partial charge in [-0.25, -0.2) is 0 Å². The second-order valence-electron chi connectivity index (χ2n) is 4.92. The zero-order valence-corrected chi connectivity index (χ0v) is 14.2. The standard InChI is InChI=1S/C14H26O6Si/c1-4-17-21(18-5-2,19-6-3)10-8-7-9-12-11-13(15)20-14(12)16/h12H,4-11H2,1-3H3. The molecular weight excluding hydrogens is 292 g/mol. The molecule has 1 fully saturated rings. The molecule has 1 heterocycles. The van der Waals surface area contributed by atoms with Crippen molar-refractivity contribution in [1.82, 2.24) is 0 Å². The maximum Gasteiger partial charge on any atom is 0.500 e. The summed E-state index contributed by atoms with van der Waals surface area (Å²) in [6, 6.07) is 0.734. The topological polar surface area (TPSA) is 71.1 Å². The molecule has 1 rings (SSSR count). The maximum atomic E-state index is 11.4.